The smallest absolute Gasteiger partial charge is 0.389 e. The first-order valence-electron chi connectivity index (χ1n) is 19.9. The zero-order chi connectivity index (χ0) is 38.8. The lowest BCUT2D eigenvalue weighted by atomic mass is 10.1. The van der Waals surface area contributed by atoms with E-state index >= 15 is 0 Å². The maximum Gasteiger partial charge on any atom is 0.472 e. The number of aliphatic hydroxyl groups excluding tert-OH is 2. The summed E-state index contributed by atoms with van der Waals surface area (Å²) in [6.07, 6.45) is 40.0. The monoisotopic (exact) mass is 752 g/mol. The molecule has 4 N–H and O–H groups in total. The van der Waals surface area contributed by atoms with E-state index in [4.69, 9.17) is 9.05 Å². The molecule has 0 saturated heterocycles. The van der Waals surface area contributed by atoms with Crippen molar-refractivity contribution in [3.05, 3.63) is 72.9 Å². The van der Waals surface area contributed by atoms with Gasteiger partial charge in [0.15, 0.2) is 0 Å². The van der Waals surface area contributed by atoms with Gasteiger partial charge < -0.3 is 24.9 Å². The van der Waals surface area contributed by atoms with Gasteiger partial charge in [-0.15, -0.1) is 0 Å². The highest BCUT2D eigenvalue weighted by Crippen LogP contribution is 2.43. The molecule has 10 heteroatoms. The van der Waals surface area contributed by atoms with Gasteiger partial charge in [-0.2, -0.15) is 0 Å². The quantitative estimate of drug-likeness (QED) is 0.0170. The molecule has 0 aliphatic rings. The average Bonchev–Trinajstić information content (AvgIpc) is 3.08. The molecule has 2 unspecified atom stereocenters. The first kappa shape index (κ1) is 49.9. The van der Waals surface area contributed by atoms with E-state index < -0.39 is 26.1 Å². The fourth-order valence-electron chi connectivity index (χ4n) is 4.95. The predicted molar refractivity (Wildman–Crippen MR) is 218 cm³/mol. The van der Waals surface area contributed by atoms with Crippen molar-refractivity contribution in [3.8, 4) is 0 Å². The van der Waals surface area contributed by atoms with Gasteiger partial charge in [0.1, 0.15) is 13.2 Å². The van der Waals surface area contributed by atoms with Crippen LogP contribution < -0.4 is 5.32 Å². The molecule has 0 saturated carbocycles. The van der Waals surface area contributed by atoms with Gasteiger partial charge >= 0.3 is 7.82 Å². The molecule has 4 atom stereocenters. The van der Waals surface area contributed by atoms with Crippen LogP contribution in [0.3, 0.4) is 0 Å². The Labute approximate surface area is 317 Å². The Hall–Kier alpha value is -2.10. The van der Waals surface area contributed by atoms with Crippen LogP contribution in [0.4, 0.5) is 0 Å². The Bertz CT molecular complexity index is 1090. The maximum absolute atomic E-state index is 12.8. The van der Waals surface area contributed by atoms with Gasteiger partial charge in [-0.1, -0.05) is 132 Å². The van der Waals surface area contributed by atoms with Crippen LogP contribution in [0.2, 0.25) is 0 Å². The molecule has 0 aliphatic heterocycles. The number of aliphatic hydroxyl groups is 2. The Morgan fingerprint density at radius 2 is 1.31 bits per heavy atom. The third-order valence-electron chi connectivity index (χ3n) is 8.23. The molecule has 0 aromatic rings. The number of hydrogen-bond donors (Lipinski definition) is 4. The number of phosphoric acid groups is 1. The Balaban J connectivity index is 4.77. The Morgan fingerprint density at radius 1 is 0.712 bits per heavy atom. The molecule has 0 aliphatic carbocycles. The van der Waals surface area contributed by atoms with Gasteiger partial charge in [0.05, 0.1) is 46.0 Å². The summed E-state index contributed by atoms with van der Waals surface area (Å²) in [5.41, 5.74) is 0. The van der Waals surface area contributed by atoms with E-state index in [0.717, 1.165) is 32.1 Å². The van der Waals surface area contributed by atoms with Crippen molar-refractivity contribution in [2.24, 2.45) is 0 Å². The van der Waals surface area contributed by atoms with Crippen LogP contribution in [-0.2, 0) is 18.4 Å². The van der Waals surface area contributed by atoms with Crippen molar-refractivity contribution >= 4 is 13.7 Å². The fraction of sp³-hybridized carbons (Fsp3) is 0.690. The number of phosphoric ester groups is 1. The zero-order valence-electron chi connectivity index (χ0n) is 33.4. The number of nitrogens with zero attached hydrogens (tertiary/aromatic N) is 1. The number of quaternary nitrogens is 1. The summed E-state index contributed by atoms with van der Waals surface area (Å²) in [5.74, 6) is -0.292. The fourth-order valence-corrected chi connectivity index (χ4v) is 5.69. The second-order valence-corrected chi connectivity index (χ2v) is 15.9. The van der Waals surface area contributed by atoms with Crippen molar-refractivity contribution < 1.29 is 38.0 Å². The summed E-state index contributed by atoms with van der Waals surface area (Å²) >= 11 is 0. The van der Waals surface area contributed by atoms with Gasteiger partial charge in [-0.3, -0.25) is 13.8 Å². The maximum atomic E-state index is 12.8. The lowest BCUT2D eigenvalue weighted by Crippen LogP contribution is -2.45. The average molecular weight is 752 g/mol. The van der Waals surface area contributed by atoms with Crippen LogP contribution in [0, 0.1) is 0 Å². The molecule has 52 heavy (non-hydrogen) atoms. The van der Waals surface area contributed by atoms with Gasteiger partial charge in [0, 0.05) is 6.42 Å². The standard InChI is InChI=1S/C42H75N2O7P/c1-6-8-10-12-14-16-17-18-20-22-26-30-34-41(46)40(38-51-52(48,49)50-37-36-44(3,4)5)43-42(47)35-31-27-23-25-29-33-39(45)32-28-24-21-19-15-13-11-9-7-2/h15,18-20,23-25,28-30,33-34,39-41,45-46H,6-14,16-17,21-22,26-27,31-32,35-38H2,1-5H3,(H-,43,47,48,49)/p+1/b19-15-,20-18-,25-23+,28-24-,33-29-,34-30+/t39?,40-,41+/m0/s1. The molecule has 0 aromatic carbocycles. The number of rotatable bonds is 34. The Kier molecular flexibility index (Phi) is 32.1. The van der Waals surface area contributed by atoms with E-state index in [2.05, 4.69) is 49.5 Å². The minimum Gasteiger partial charge on any atom is -0.389 e. The molecular weight excluding hydrogens is 675 g/mol. The van der Waals surface area contributed by atoms with Gasteiger partial charge in [0.2, 0.25) is 5.91 Å². The third-order valence-corrected chi connectivity index (χ3v) is 9.21. The van der Waals surface area contributed by atoms with E-state index in [9.17, 15) is 24.5 Å². The van der Waals surface area contributed by atoms with Gasteiger partial charge in [-0.25, -0.2) is 4.57 Å². The van der Waals surface area contributed by atoms with Crippen LogP contribution >= 0.6 is 7.82 Å². The number of allylic oxidation sites excluding steroid dienone is 9. The summed E-state index contributed by atoms with van der Waals surface area (Å²) in [4.78, 5) is 23.0. The predicted octanol–water partition coefficient (Wildman–Crippen LogP) is 9.43. The SMILES string of the molecule is CCCCC/C=C\C/C=C\CC(O)/C=C\C=C\CCCC(=O)N[C@@H](COP(=O)(O)OCC[N+](C)(C)C)[C@H](O)/C=C/CC/C=C\CCCCCCCC. The second-order valence-electron chi connectivity index (χ2n) is 14.5. The number of unbranched alkanes of at least 4 members (excludes halogenated alkanes) is 11. The largest absolute Gasteiger partial charge is 0.472 e. The third kappa shape index (κ3) is 35.0. The molecule has 0 spiro atoms. The van der Waals surface area contributed by atoms with Crippen LogP contribution in [0.5, 0.6) is 0 Å². The highest BCUT2D eigenvalue weighted by atomic mass is 31.2. The highest BCUT2D eigenvalue weighted by Gasteiger charge is 2.27. The Morgan fingerprint density at radius 3 is 2.04 bits per heavy atom. The summed E-state index contributed by atoms with van der Waals surface area (Å²) < 4.78 is 23.4. The topological polar surface area (TPSA) is 125 Å². The van der Waals surface area contributed by atoms with Crippen molar-refractivity contribution in [1.82, 2.24) is 5.32 Å². The molecule has 0 rings (SSSR count). The van der Waals surface area contributed by atoms with Crippen LogP contribution in [0.15, 0.2) is 72.9 Å². The molecule has 0 aromatic heterocycles. The number of amides is 1. The molecular formula is C42H76N2O7P+. The molecule has 0 heterocycles. The second kappa shape index (κ2) is 33.5. The molecule has 0 fully saturated rings. The van der Waals surface area contributed by atoms with E-state index in [-0.39, 0.29) is 25.5 Å². The van der Waals surface area contributed by atoms with Crippen molar-refractivity contribution in [2.75, 3.05) is 40.9 Å². The molecule has 300 valence electrons. The first-order chi connectivity index (χ1) is 24.9. The first-order valence-corrected chi connectivity index (χ1v) is 21.4. The van der Waals surface area contributed by atoms with Crippen molar-refractivity contribution in [1.29, 1.82) is 0 Å². The normalized spacial score (nSPS) is 15.9. The van der Waals surface area contributed by atoms with Gasteiger partial charge in [-0.05, 0) is 64.2 Å². The number of carbonyl (C=O) groups excluding carboxylic acids is 1. The van der Waals surface area contributed by atoms with E-state index in [0.29, 0.717) is 30.3 Å². The van der Waals surface area contributed by atoms with Crippen LogP contribution in [-0.4, -0.2) is 84.6 Å². The number of carbonyl (C=O) groups is 1. The molecule has 0 bridgehead atoms. The summed E-state index contributed by atoms with van der Waals surface area (Å²) in [6.45, 7) is 4.58. The molecule has 0 radical (unpaired) electrons. The number of likely N-dealkylation sites (N-methyl/N-ethyl adjacent to an activating group) is 1. The highest BCUT2D eigenvalue weighted by molar-refractivity contribution is 7.47. The summed E-state index contributed by atoms with van der Waals surface area (Å²) in [7, 11) is 1.45. The van der Waals surface area contributed by atoms with Crippen LogP contribution in [0.1, 0.15) is 129 Å². The molecule has 9 nitrogen and oxygen atoms in total. The lowest BCUT2D eigenvalue weighted by Gasteiger charge is -2.25. The van der Waals surface area contributed by atoms with Gasteiger partial charge in [0.25, 0.3) is 0 Å². The minimum atomic E-state index is -4.38. The summed E-state index contributed by atoms with van der Waals surface area (Å²) in [6, 6.07) is -0.926. The van der Waals surface area contributed by atoms with E-state index in [1.807, 2.05) is 51.5 Å². The van der Waals surface area contributed by atoms with Crippen LogP contribution in [0.25, 0.3) is 0 Å². The number of hydrogen-bond acceptors (Lipinski definition) is 6. The van der Waals surface area contributed by atoms with E-state index in [1.165, 1.54) is 57.8 Å². The number of nitrogens with one attached hydrogen (secondary N) is 1. The van der Waals surface area contributed by atoms with Crippen molar-refractivity contribution in [2.45, 2.75) is 148 Å². The summed E-state index contributed by atoms with van der Waals surface area (Å²) in [5, 5.41) is 23.8. The lowest BCUT2D eigenvalue weighted by molar-refractivity contribution is -0.870. The zero-order valence-corrected chi connectivity index (χ0v) is 34.3. The van der Waals surface area contributed by atoms with Crippen molar-refractivity contribution in [3.63, 3.8) is 0 Å². The van der Waals surface area contributed by atoms with E-state index in [1.54, 1.807) is 12.2 Å². The minimum absolute atomic E-state index is 0.0268. The molecule has 1 amide bonds.